The van der Waals surface area contributed by atoms with Crippen LogP contribution in [0.25, 0.3) is 0 Å². The summed E-state index contributed by atoms with van der Waals surface area (Å²) in [7, 11) is 0. The number of benzene rings is 1. The van der Waals surface area contributed by atoms with Crippen molar-refractivity contribution in [2.75, 3.05) is 5.32 Å². The third-order valence-corrected chi connectivity index (χ3v) is 2.37. The molecule has 0 saturated heterocycles. The second-order valence-electron chi connectivity index (χ2n) is 3.70. The van der Waals surface area contributed by atoms with E-state index in [1.807, 2.05) is 0 Å². The molecule has 2 N–H and O–H groups in total. The molecule has 86 valence electrons. The number of rotatable bonds is 2. The molecule has 4 heteroatoms. The molecule has 0 aliphatic carbocycles. The van der Waals surface area contributed by atoms with Crippen LogP contribution in [-0.2, 0) is 0 Å². The van der Waals surface area contributed by atoms with E-state index in [0.29, 0.717) is 11.3 Å². The highest BCUT2D eigenvalue weighted by atomic mass is 16.3. The molecule has 0 bridgehead atoms. The van der Waals surface area contributed by atoms with Crippen LogP contribution in [0.4, 0.5) is 5.69 Å². The summed E-state index contributed by atoms with van der Waals surface area (Å²) in [5.41, 5.74) is 1.91. The molecule has 0 unspecified atom stereocenters. The van der Waals surface area contributed by atoms with Gasteiger partial charge in [-0.2, -0.15) is 0 Å². The van der Waals surface area contributed by atoms with Gasteiger partial charge in [0.05, 0.1) is 11.9 Å². The van der Waals surface area contributed by atoms with Gasteiger partial charge in [0.15, 0.2) is 0 Å². The van der Waals surface area contributed by atoms with Gasteiger partial charge in [-0.05, 0) is 42.8 Å². The average Bonchev–Trinajstić information content (AvgIpc) is 2.30. The normalized spacial score (nSPS) is 9.94. The molecule has 0 radical (unpaired) electrons. The number of aromatic hydroxyl groups is 1. The number of carbonyl (C=O) groups excluding carboxylic acids is 1. The molecule has 1 aromatic heterocycles. The van der Waals surface area contributed by atoms with E-state index >= 15 is 0 Å². The fraction of sp³-hybridized carbons (Fsp3) is 0.0769. The van der Waals surface area contributed by atoms with Crippen molar-refractivity contribution in [3.8, 4) is 5.75 Å². The fourth-order valence-electron chi connectivity index (χ4n) is 1.54. The Morgan fingerprint density at radius 3 is 2.82 bits per heavy atom. The predicted octanol–water partition coefficient (Wildman–Crippen LogP) is 2.35. The topological polar surface area (TPSA) is 62.2 Å². The quantitative estimate of drug-likeness (QED) is 0.829. The molecule has 1 amide bonds. The van der Waals surface area contributed by atoms with Gasteiger partial charge in [0.1, 0.15) is 5.75 Å². The van der Waals surface area contributed by atoms with E-state index in [1.54, 1.807) is 43.6 Å². The van der Waals surface area contributed by atoms with Crippen LogP contribution in [0.15, 0.2) is 42.7 Å². The highest BCUT2D eigenvalue weighted by Gasteiger charge is 2.09. The standard InChI is InChI=1S/C13H12N2O2/c1-9-7-11(16)4-5-12(9)13(17)15-10-3-2-6-14-8-10/h2-8,16H,1H3,(H,15,17). The zero-order valence-electron chi connectivity index (χ0n) is 9.34. The van der Waals surface area contributed by atoms with Crippen molar-refractivity contribution in [1.82, 2.24) is 4.98 Å². The zero-order valence-corrected chi connectivity index (χ0v) is 9.34. The summed E-state index contributed by atoms with van der Waals surface area (Å²) in [5, 5.41) is 12.0. The number of carbonyl (C=O) groups is 1. The third kappa shape index (κ3) is 2.60. The lowest BCUT2D eigenvalue weighted by atomic mass is 10.1. The number of hydrogen-bond donors (Lipinski definition) is 2. The molecule has 0 aliphatic rings. The Balaban J connectivity index is 2.21. The summed E-state index contributed by atoms with van der Waals surface area (Å²) >= 11 is 0. The van der Waals surface area contributed by atoms with Gasteiger partial charge in [0.2, 0.25) is 0 Å². The molecule has 2 aromatic rings. The summed E-state index contributed by atoms with van der Waals surface area (Å²) in [6, 6.07) is 8.15. The Labute approximate surface area is 98.9 Å². The molecule has 0 aliphatic heterocycles. The van der Waals surface area contributed by atoms with Crippen molar-refractivity contribution in [2.24, 2.45) is 0 Å². The lowest BCUT2D eigenvalue weighted by Crippen LogP contribution is -2.13. The first-order valence-electron chi connectivity index (χ1n) is 5.18. The summed E-state index contributed by atoms with van der Waals surface area (Å²) in [6.07, 6.45) is 3.22. The van der Waals surface area contributed by atoms with Crippen molar-refractivity contribution in [3.05, 3.63) is 53.9 Å². The largest absolute Gasteiger partial charge is 0.508 e. The van der Waals surface area contributed by atoms with E-state index in [0.717, 1.165) is 5.56 Å². The molecule has 4 nitrogen and oxygen atoms in total. The van der Waals surface area contributed by atoms with Crippen molar-refractivity contribution in [2.45, 2.75) is 6.92 Å². The molecule has 0 saturated carbocycles. The summed E-state index contributed by atoms with van der Waals surface area (Å²) < 4.78 is 0. The Hall–Kier alpha value is -2.36. The number of hydrogen-bond acceptors (Lipinski definition) is 3. The maximum absolute atomic E-state index is 11.9. The molecule has 0 atom stereocenters. The van der Waals surface area contributed by atoms with Crippen LogP contribution in [0.3, 0.4) is 0 Å². The molecular weight excluding hydrogens is 216 g/mol. The Bertz CT molecular complexity index is 538. The number of amides is 1. The minimum Gasteiger partial charge on any atom is -0.508 e. The fourth-order valence-corrected chi connectivity index (χ4v) is 1.54. The van der Waals surface area contributed by atoms with Gasteiger partial charge in [-0.3, -0.25) is 9.78 Å². The van der Waals surface area contributed by atoms with Crippen molar-refractivity contribution in [1.29, 1.82) is 0 Å². The lowest BCUT2D eigenvalue weighted by molar-refractivity contribution is 0.102. The van der Waals surface area contributed by atoms with Crippen LogP contribution in [0.5, 0.6) is 5.75 Å². The molecule has 2 rings (SSSR count). The molecule has 1 heterocycles. The molecular formula is C13H12N2O2. The minimum atomic E-state index is -0.212. The van der Waals surface area contributed by atoms with Crippen molar-refractivity contribution in [3.63, 3.8) is 0 Å². The van der Waals surface area contributed by atoms with Crippen LogP contribution in [-0.4, -0.2) is 16.0 Å². The first-order chi connectivity index (χ1) is 8.16. The number of phenolic OH excluding ortho intramolecular Hbond substituents is 1. The SMILES string of the molecule is Cc1cc(O)ccc1C(=O)Nc1cccnc1. The van der Waals surface area contributed by atoms with Crippen molar-refractivity contribution >= 4 is 11.6 Å². The van der Waals surface area contributed by atoms with Gasteiger partial charge in [-0.15, -0.1) is 0 Å². The average molecular weight is 228 g/mol. The first-order valence-corrected chi connectivity index (χ1v) is 5.18. The van der Waals surface area contributed by atoms with Gasteiger partial charge >= 0.3 is 0 Å². The van der Waals surface area contributed by atoms with Crippen LogP contribution in [0.1, 0.15) is 15.9 Å². The number of nitrogens with one attached hydrogen (secondary N) is 1. The van der Waals surface area contributed by atoms with Gasteiger partial charge < -0.3 is 10.4 Å². The summed E-state index contributed by atoms with van der Waals surface area (Å²) in [5.74, 6) is -0.0593. The van der Waals surface area contributed by atoms with E-state index in [9.17, 15) is 9.90 Å². The number of nitrogens with zero attached hydrogens (tertiary/aromatic N) is 1. The summed E-state index contributed by atoms with van der Waals surface area (Å²) in [6.45, 7) is 1.78. The monoisotopic (exact) mass is 228 g/mol. The van der Waals surface area contributed by atoms with E-state index in [4.69, 9.17) is 0 Å². The Morgan fingerprint density at radius 2 is 2.18 bits per heavy atom. The number of aromatic nitrogens is 1. The van der Waals surface area contributed by atoms with Crippen LogP contribution >= 0.6 is 0 Å². The molecule has 17 heavy (non-hydrogen) atoms. The van der Waals surface area contributed by atoms with Gasteiger partial charge in [-0.25, -0.2) is 0 Å². The maximum Gasteiger partial charge on any atom is 0.255 e. The molecule has 0 spiro atoms. The minimum absolute atomic E-state index is 0.153. The third-order valence-electron chi connectivity index (χ3n) is 2.37. The second kappa shape index (κ2) is 4.65. The van der Waals surface area contributed by atoms with Crippen molar-refractivity contribution < 1.29 is 9.90 Å². The second-order valence-corrected chi connectivity index (χ2v) is 3.70. The van der Waals surface area contributed by atoms with Crippen LogP contribution in [0.2, 0.25) is 0 Å². The number of anilines is 1. The summed E-state index contributed by atoms with van der Waals surface area (Å²) in [4.78, 5) is 15.8. The van der Waals surface area contributed by atoms with Crippen LogP contribution < -0.4 is 5.32 Å². The smallest absolute Gasteiger partial charge is 0.255 e. The predicted molar refractivity (Wildman–Crippen MR) is 65.0 cm³/mol. The Morgan fingerprint density at radius 1 is 1.35 bits per heavy atom. The molecule has 0 fully saturated rings. The number of phenols is 1. The van der Waals surface area contributed by atoms with Gasteiger partial charge in [0.25, 0.3) is 5.91 Å². The van der Waals surface area contributed by atoms with E-state index in [1.165, 1.54) is 6.07 Å². The number of pyridine rings is 1. The Kier molecular flexibility index (Phi) is 3.05. The van der Waals surface area contributed by atoms with Crippen LogP contribution in [0, 0.1) is 6.92 Å². The zero-order chi connectivity index (χ0) is 12.3. The highest BCUT2D eigenvalue weighted by Crippen LogP contribution is 2.17. The highest BCUT2D eigenvalue weighted by molar-refractivity contribution is 6.05. The first kappa shape index (κ1) is 11.1. The van der Waals surface area contributed by atoms with Gasteiger partial charge in [-0.1, -0.05) is 0 Å². The maximum atomic E-state index is 11.9. The van der Waals surface area contributed by atoms with E-state index in [2.05, 4.69) is 10.3 Å². The number of aryl methyl sites for hydroxylation is 1. The molecule has 1 aromatic carbocycles. The lowest BCUT2D eigenvalue weighted by Gasteiger charge is -2.07. The van der Waals surface area contributed by atoms with E-state index in [-0.39, 0.29) is 11.7 Å². The van der Waals surface area contributed by atoms with Gasteiger partial charge in [0, 0.05) is 11.8 Å². The van der Waals surface area contributed by atoms with E-state index < -0.39 is 0 Å².